The Morgan fingerprint density at radius 2 is 1.01 bits per heavy atom. The molecule has 0 fully saturated rings. The van der Waals surface area contributed by atoms with Gasteiger partial charge in [0.2, 0.25) is 11.8 Å². The molecular weight excluding hydrogens is 967 g/mol. The van der Waals surface area contributed by atoms with E-state index < -0.39 is 57.4 Å². The predicted octanol–water partition coefficient (Wildman–Crippen LogP) is 10.8. The average molecular weight is 1000 g/mol. The van der Waals surface area contributed by atoms with E-state index in [1.807, 2.05) is 4.72 Å². The molecule has 348 valence electrons. The standard InChI is InChI=1S/C27H20Cl2FN3O5S.C21H16ClFN2O4/c1-16(32-26(35)24-13-20(29)15-31-27(24)38-22-6-3-5-21(30)14-22)17-8-10-18(11-9-17)25(34)33-39(36,37)23-7-2-4-19(28)12-23;1-12(13-5-7-14(8-6-13)21(27)28)25-19(26)18-9-15(22)11-24-20(18)29-17-4-2-3-16(23)10-17/h2-16H,1H3,(H,32,35)(H,33,34);2-12H,1H3,(H,25,26)(H,27,28)/t16-;12-/m00/s1. The summed E-state index contributed by atoms with van der Waals surface area (Å²) in [6.07, 6.45) is 2.62. The van der Waals surface area contributed by atoms with Crippen LogP contribution in [0.4, 0.5) is 8.78 Å². The molecule has 0 radical (unpaired) electrons. The first-order chi connectivity index (χ1) is 32.3. The number of nitrogens with zero attached hydrogens (tertiary/aromatic N) is 2. The zero-order valence-corrected chi connectivity index (χ0v) is 38.5. The average Bonchev–Trinajstić information content (AvgIpc) is 3.30. The van der Waals surface area contributed by atoms with Gasteiger partial charge in [0.1, 0.15) is 34.3 Å². The molecule has 0 spiro atoms. The van der Waals surface area contributed by atoms with Crippen molar-refractivity contribution >= 4 is 68.5 Å². The smallest absolute Gasteiger partial charge is 0.335 e. The number of pyridine rings is 2. The van der Waals surface area contributed by atoms with E-state index in [-0.39, 0.29) is 65.5 Å². The van der Waals surface area contributed by atoms with Crippen LogP contribution in [0.1, 0.15) is 78.5 Å². The second kappa shape index (κ2) is 22.4. The van der Waals surface area contributed by atoms with Crippen molar-refractivity contribution in [3.8, 4) is 23.3 Å². The zero-order valence-electron chi connectivity index (χ0n) is 35.4. The van der Waals surface area contributed by atoms with Gasteiger partial charge in [-0.25, -0.2) is 36.7 Å². The minimum absolute atomic E-state index is 0.0223. The number of nitrogens with one attached hydrogen (secondary N) is 3. The number of benzene rings is 5. The second-order valence-corrected chi connectivity index (χ2v) is 17.5. The van der Waals surface area contributed by atoms with Crippen LogP contribution in [0.15, 0.2) is 151 Å². The van der Waals surface area contributed by atoms with Gasteiger partial charge in [0.15, 0.2) is 0 Å². The lowest BCUT2D eigenvalue weighted by atomic mass is 10.1. The molecule has 2 atom stereocenters. The molecule has 3 amide bonds. The molecule has 68 heavy (non-hydrogen) atoms. The molecule has 2 heterocycles. The van der Waals surface area contributed by atoms with Crippen molar-refractivity contribution < 1.29 is 51.0 Å². The first-order valence-corrected chi connectivity index (χ1v) is 22.5. The molecule has 14 nitrogen and oxygen atoms in total. The van der Waals surface area contributed by atoms with Crippen LogP contribution in [0.25, 0.3) is 0 Å². The van der Waals surface area contributed by atoms with Crippen molar-refractivity contribution in [2.75, 3.05) is 0 Å². The maximum absolute atomic E-state index is 13.5. The molecule has 5 aromatic carbocycles. The highest BCUT2D eigenvalue weighted by atomic mass is 35.5. The van der Waals surface area contributed by atoms with E-state index in [9.17, 15) is 36.4 Å². The van der Waals surface area contributed by atoms with Crippen molar-refractivity contribution in [1.82, 2.24) is 25.3 Å². The summed E-state index contributed by atoms with van der Waals surface area (Å²) in [5.74, 6) is -3.67. The second-order valence-electron chi connectivity index (χ2n) is 14.5. The highest BCUT2D eigenvalue weighted by molar-refractivity contribution is 7.90. The van der Waals surface area contributed by atoms with Crippen LogP contribution in [0.2, 0.25) is 15.1 Å². The van der Waals surface area contributed by atoms with Gasteiger partial charge >= 0.3 is 5.97 Å². The fraction of sp³-hybridized carbons (Fsp3) is 0.0833. The third kappa shape index (κ3) is 13.6. The summed E-state index contributed by atoms with van der Waals surface area (Å²) in [4.78, 5) is 57.3. The number of amides is 3. The van der Waals surface area contributed by atoms with Crippen LogP contribution in [0.5, 0.6) is 23.3 Å². The van der Waals surface area contributed by atoms with Gasteiger partial charge in [-0.05, 0) is 104 Å². The number of sulfonamides is 1. The Bertz CT molecular complexity index is 3110. The Morgan fingerprint density at radius 1 is 0.574 bits per heavy atom. The molecule has 0 aliphatic rings. The van der Waals surface area contributed by atoms with Crippen LogP contribution in [0, 0.1) is 11.6 Å². The Morgan fingerprint density at radius 3 is 1.44 bits per heavy atom. The summed E-state index contributed by atoms with van der Waals surface area (Å²) in [7, 11) is -4.13. The lowest BCUT2D eigenvalue weighted by Gasteiger charge is -2.16. The van der Waals surface area contributed by atoms with Gasteiger partial charge in [-0.15, -0.1) is 0 Å². The Balaban J connectivity index is 0.000000234. The van der Waals surface area contributed by atoms with Gasteiger partial charge in [-0.1, -0.05) is 77.3 Å². The summed E-state index contributed by atoms with van der Waals surface area (Å²) in [5, 5.41) is 15.2. The highest BCUT2D eigenvalue weighted by Gasteiger charge is 2.22. The van der Waals surface area contributed by atoms with Gasteiger partial charge in [-0.3, -0.25) is 14.4 Å². The Kier molecular flexibility index (Phi) is 16.4. The monoisotopic (exact) mass is 1000 g/mol. The third-order valence-corrected chi connectivity index (χ3v) is 11.5. The minimum atomic E-state index is -4.13. The van der Waals surface area contributed by atoms with E-state index in [0.717, 1.165) is 6.07 Å². The number of ether oxygens (including phenoxy) is 2. The third-order valence-electron chi connectivity index (χ3n) is 9.51. The fourth-order valence-electron chi connectivity index (χ4n) is 6.05. The summed E-state index contributed by atoms with van der Waals surface area (Å²) < 4.78 is 65.1. The van der Waals surface area contributed by atoms with Crippen molar-refractivity contribution in [3.63, 3.8) is 0 Å². The summed E-state index contributed by atoms with van der Waals surface area (Å²) in [6, 6.07) is 30.3. The van der Waals surface area contributed by atoms with Crippen molar-refractivity contribution in [1.29, 1.82) is 0 Å². The molecule has 0 aliphatic carbocycles. The van der Waals surface area contributed by atoms with Crippen LogP contribution >= 0.6 is 34.8 Å². The fourth-order valence-corrected chi connectivity index (χ4v) is 7.64. The van der Waals surface area contributed by atoms with Crippen LogP contribution in [-0.2, 0) is 10.0 Å². The molecule has 0 saturated carbocycles. The topological polar surface area (TPSA) is 203 Å². The van der Waals surface area contributed by atoms with E-state index >= 15 is 0 Å². The van der Waals surface area contributed by atoms with Crippen molar-refractivity contribution in [2.24, 2.45) is 0 Å². The maximum atomic E-state index is 13.5. The number of aromatic carboxylic acids is 1. The molecule has 4 N–H and O–H groups in total. The lowest BCUT2D eigenvalue weighted by molar-refractivity contribution is 0.0695. The number of hydrogen-bond acceptors (Lipinski definition) is 10. The number of aromatic nitrogens is 2. The van der Waals surface area contributed by atoms with E-state index in [2.05, 4.69) is 20.6 Å². The van der Waals surface area contributed by atoms with Gasteiger partial charge in [0.25, 0.3) is 27.7 Å². The van der Waals surface area contributed by atoms with Crippen LogP contribution in [0.3, 0.4) is 0 Å². The molecule has 0 unspecified atom stereocenters. The first-order valence-electron chi connectivity index (χ1n) is 19.9. The Hall–Kier alpha value is -7.44. The van der Waals surface area contributed by atoms with Gasteiger partial charge in [0.05, 0.1) is 32.6 Å². The first kappa shape index (κ1) is 50.0. The lowest BCUT2D eigenvalue weighted by Crippen LogP contribution is -2.30. The van der Waals surface area contributed by atoms with E-state index in [1.54, 1.807) is 38.1 Å². The minimum Gasteiger partial charge on any atom is -0.478 e. The number of halogens is 5. The molecule has 0 saturated heterocycles. The molecule has 20 heteroatoms. The van der Waals surface area contributed by atoms with E-state index in [4.69, 9.17) is 49.4 Å². The number of carbonyl (C=O) groups is 4. The summed E-state index contributed by atoms with van der Waals surface area (Å²) in [5.41, 5.74) is 1.69. The van der Waals surface area contributed by atoms with Gasteiger partial charge in [0, 0.05) is 35.1 Å². The molecular formula is C48H36Cl3F2N5O9S. The largest absolute Gasteiger partial charge is 0.478 e. The predicted molar refractivity (Wildman–Crippen MR) is 249 cm³/mol. The number of hydrogen-bond donors (Lipinski definition) is 4. The normalized spacial score (nSPS) is 11.8. The van der Waals surface area contributed by atoms with E-state index in [0.29, 0.717) is 11.1 Å². The van der Waals surface area contributed by atoms with Gasteiger partial charge in [-0.2, -0.15) is 0 Å². The Labute approximate surface area is 402 Å². The summed E-state index contributed by atoms with van der Waals surface area (Å²) in [6.45, 7) is 3.46. The molecule has 7 rings (SSSR count). The van der Waals surface area contributed by atoms with E-state index in [1.165, 1.54) is 116 Å². The molecule has 0 aliphatic heterocycles. The number of carboxylic acids is 1. The van der Waals surface area contributed by atoms with Gasteiger partial charge < -0.3 is 25.2 Å². The molecule has 0 bridgehead atoms. The highest BCUT2D eigenvalue weighted by Crippen LogP contribution is 2.29. The van der Waals surface area contributed by atoms with Crippen LogP contribution < -0.4 is 24.8 Å². The molecule has 2 aromatic heterocycles. The maximum Gasteiger partial charge on any atom is 0.335 e. The zero-order chi connectivity index (χ0) is 49.1. The number of rotatable bonds is 14. The SMILES string of the molecule is C[C@H](NC(=O)c1cc(Cl)cnc1Oc1cccc(F)c1)c1ccc(C(=O)NS(=O)(=O)c2cccc(Cl)c2)cc1.C[C@H](NC(=O)c1cc(Cl)cnc1Oc1cccc(F)c1)c1ccc(C(=O)O)cc1. The summed E-state index contributed by atoms with van der Waals surface area (Å²) >= 11 is 17.9. The quantitative estimate of drug-likeness (QED) is 0.0807. The number of carboxylic acid groups (broad SMARTS) is 1. The van der Waals surface area contributed by atoms with Crippen LogP contribution in [-0.4, -0.2) is 47.2 Å². The van der Waals surface area contributed by atoms with Crippen molar-refractivity contribution in [2.45, 2.75) is 30.8 Å². The number of carbonyl (C=O) groups excluding carboxylic acids is 3. The molecule has 7 aromatic rings. The van der Waals surface area contributed by atoms with Crippen molar-refractivity contribution in [3.05, 3.63) is 206 Å².